The summed E-state index contributed by atoms with van der Waals surface area (Å²) in [4.78, 5) is 10.7. The molecule has 0 bridgehead atoms. The lowest BCUT2D eigenvalue weighted by molar-refractivity contribution is 0.112. The second-order valence-corrected chi connectivity index (χ2v) is 3.53. The van der Waals surface area contributed by atoms with Gasteiger partial charge in [-0.05, 0) is 18.1 Å². The third-order valence-corrected chi connectivity index (χ3v) is 2.33. The van der Waals surface area contributed by atoms with Gasteiger partial charge in [-0.2, -0.15) is 0 Å². The molecule has 0 unspecified atom stereocenters. The molecule has 0 amide bonds. The van der Waals surface area contributed by atoms with Crippen LogP contribution in [-0.4, -0.2) is 12.2 Å². The Labute approximate surface area is 93.3 Å². The number of carbonyl (C=O) groups excluding carboxylic acids is 1. The van der Waals surface area contributed by atoms with Gasteiger partial charge in [0.2, 0.25) is 0 Å². The summed E-state index contributed by atoms with van der Waals surface area (Å²) >= 11 is 11.4. The minimum Gasteiger partial charge on any atom is -0.298 e. The third-order valence-electron chi connectivity index (χ3n) is 1.78. The Morgan fingerprint density at radius 3 is 2.79 bits per heavy atom. The SMILES string of the molecule is O=Cc1c(Cl)cccc1C=CCCCl. The fourth-order valence-corrected chi connectivity index (χ4v) is 1.45. The van der Waals surface area contributed by atoms with Crippen LogP contribution in [0.3, 0.4) is 0 Å². The highest BCUT2D eigenvalue weighted by atomic mass is 35.5. The van der Waals surface area contributed by atoms with Crippen molar-refractivity contribution in [1.82, 2.24) is 0 Å². The Morgan fingerprint density at radius 2 is 2.14 bits per heavy atom. The molecule has 0 aliphatic heterocycles. The molecule has 0 radical (unpaired) electrons. The van der Waals surface area contributed by atoms with Crippen LogP contribution in [0.2, 0.25) is 5.02 Å². The van der Waals surface area contributed by atoms with Gasteiger partial charge in [0.05, 0.1) is 5.02 Å². The fraction of sp³-hybridized carbons (Fsp3) is 0.182. The monoisotopic (exact) mass is 228 g/mol. The Bertz CT molecular complexity index is 345. The highest BCUT2D eigenvalue weighted by molar-refractivity contribution is 6.33. The quantitative estimate of drug-likeness (QED) is 0.567. The topological polar surface area (TPSA) is 17.1 Å². The molecule has 0 fully saturated rings. The van der Waals surface area contributed by atoms with Gasteiger partial charge in [-0.3, -0.25) is 4.79 Å². The molecule has 0 aliphatic carbocycles. The lowest BCUT2D eigenvalue weighted by atomic mass is 10.1. The van der Waals surface area contributed by atoms with Crippen molar-refractivity contribution in [3.8, 4) is 0 Å². The molecular formula is C11H10Cl2O. The summed E-state index contributed by atoms with van der Waals surface area (Å²) in [6, 6.07) is 5.36. The minimum atomic E-state index is 0.480. The smallest absolute Gasteiger partial charge is 0.152 e. The number of alkyl halides is 1. The Hall–Kier alpha value is -0.790. The molecule has 1 nitrogen and oxygen atoms in total. The normalized spacial score (nSPS) is 10.7. The van der Waals surface area contributed by atoms with Crippen molar-refractivity contribution in [3.05, 3.63) is 40.4 Å². The number of halogens is 2. The predicted molar refractivity (Wildman–Crippen MR) is 61.2 cm³/mol. The van der Waals surface area contributed by atoms with E-state index in [0.717, 1.165) is 18.3 Å². The standard InChI is InChI=1S/C11H10Cl2O/c12-7-2-1-4-9-5-3-6-11(13)10(9)8-14/h1,3-6,8H,2,7H2. The first kappa shape index (κ1) is 11.3. The van der Waals surface area contributed by atoms with E-state index in [1.807, 2.05) is 24.3 Å². The van der Waals surface area contributed by atoms with Crippen LogP contribution >= 0.6 is 23.2 Å². The summed E-state index contributed by atoms with van der Waals surface area (Å²) in [6.45, 7) is 0. The second kappa shape index (κ2) is 5.84. The van der Waals surface area contributed by atoms with Gasteiger partial charge in [0.15, 0.2) is 6.29 Å². The zero-order valence-electron chi connectivity index (χ0n) is 7.54. The zero-order chi connectivity index (χ0) is 10.4. The highest BCUT2D eigenvalue weighted by Crippen LogP contribution is 2.19. The first-order valence-electron chi connectivity index (χ1n) is 4.25. The maximum absolute atomic E-state index is 10.7. The molecule has 0 saturated heterocycles. The number of hydrogen-bond donors (Lipinski definition) is 0. The van der Waals surface area contributed by atoms with Gasteiger partial charge in [-0.15, -0.1) is 11.6 Å². The summed E-state index contributed by atoms with van der Waals surface area (Å²) in [6.07, 6.45) is 5.33. The van der Waals surface area contributed by atoms with Crippen LogP contribution in [0.1, 0.15) is 22.3 Å². The van der Waals surface area contributed by atoms with Crippen molar-refractivity contribution in [3.63, 3.8) is 0 Å². The second-order valence-electron chi connectivity index (χ2n) is 2.74. The van der Waals surface area contributed by atoms with Crippen molar-refractivity contribution < 1.29 is 4.79 Å². The molecule has 0 atom stereocenters. The predicted octanol–water partition coefficient (Wildman–Crippen LogP) is 3.79. The molecule has 74 valence electrons. The maximum atomic E-state index is 10.7. The van der Waals surface area contributed by atoms with Crippen molar-refractivity contribution in [2.75, 3.05) is 5.88 Å². The van der Waals surface area contributed by atoms with Crippen LogP contribution < -0.4 is 0 Å². The largest absolute Gasteiger partial charge is 0.298 e. The molecule has 1 aromatic rings. The molecule has 1 rings (SSSR count). The lowest BCUT2D eigenvalue weighted by Gasteiger charge is -2.00. The molecule has 0 saturated carbocycles. The van der Waals surface area contributed by atoms with Crippen LogP contribution in [0.5, 0.6) is 0 Å². The number of rotatable bonds is 4. The fourth-order valence-electron chi connectivity index (χ4n) is 1.10. The van der Waals surface area contributed by atoms with Crippen LogP contribution in [0.25, 0.3) is 6.08 Å². The molecule has 0 spiro atoms. The van der Waals surface area contributed by atoms with E-state index in [2.05, 4.69) is 0 Å². The van der Waals surface area contributed by atoms with E-state index in [9.17, 15) is 4.79 Å². The first-order chi connectivity index (χ1) is 6.79. The van der Waals surface area contributed by atoms with Gasteiger partial charge in [-0.25, -0.2) is 0 Å². The Kier molecular flexibility index (Phi) is 4.71. The average Bonchev–Trinajstić information content (AvgIpc) is 2.18. The molecule has 0 N–H and O–H groups in total. The number of benzene rings is 1. The van der Waals surface area contributed by atoms with Crippen molar-refractivity contribution >= 4 is 35.6 Å². The Morgan fingerprint density at radius 1 is 1.36 bits per heavy atom. The molecule has 0 aromatic heterocycles. The average molecular weight is 229 g/mol. The lowest BCUT2D eigenvalue weighted by Crippen LogP contribution is -1.87. The summed E-state index contributed by atoms with van der Waals surface area (Å²) in [5, 5.41) is 0.480. The number of aldehydes is 1. The van der Waals surface area contributed by atoms with Crippen LogP contribution in [0, 0.1) is 0 Å². The minimum absolute atomic E-state index is 0.480. The van der Waals surface area contributed by atoms with Crippen LogP contribution in [0.4, 0.5) is 0 Å². The van der Waals surface area contributed by atoms with E-state index in [-0.39, 0.29) is 0 Å². The molecule has 14 heavy (non-hydrogen) atoms. The van der Waals surface area contributed by atoms with E-state index in [1.165, 1.54) is 0 Å². The first-order valence-corrected chi connectivity index (χ1v) is 5.17. The highest BCUT2D eigenvalue weighted by Gasteiger charge is 2.01. The summed E-state index contributed by atoms with van der Waals surface area (Å²) in [5.41, 5.74) is 1.36. The molecule has 0 aliphatic rings. The van der Waals surface area contributed by atoms with E-state index < -0.39 is 0 Å². The van der Waals surface area contributed by atoms with Crippen molar-refractivity contribution in [2.45, 2.75) is 6.42 Å². The van der Waals surface area contributed by atoms with Gasteiger partial charge in [0, 0.05) is 11.4 Å². The van der Waals surface area contributed by atoms with Gasteiger partial charge >= 0.3 is 0 Å². The van der Waals surface area contributed by atoms with Crippen molar-refractivity contribution in [2.24, 2.45) is 0 Å². The van der Waals surface area contributed by atoms with E-state index in [4.69, 9.17) is 23.2 Å². The zero-order valence-corrected chi connectivity index (χ0v) is 9.05. The molecule has 1 aromatic carbocycles. The third kappa shape index (κ3) is 2.86. The summed E-state index contributed by atoms with van der Waals surface area (Å²) < 4.78 is 0. The summed E-state index contributed by atoms with van der Waals surface area (Å²) in [5.74, 6) is 0.577. The van der Waals surface area contributed by atoms with Crippen molar-refractivity contribution in [1.29, 1.82) is 0 Å². The number of allylic oxidation sites excluding steroid dienone is 1. The van der Waals surface area contributed by atoms with Crippen LogP contribution in [-0.2, 0) is 0 Å². The maximum Gasteiger partial charge on any atom is 0.152 e. The summed E-state index contributed by atoms with van der Waals surface area (Å²) in [7, 11) is 0. The molecule has 3 heteroatoms. The van der Waals surface area contributed by atoms with E-state index in [0.29, 0.717) is 16.5 Å². The number of hydrogen-bond acceptors (Lipinski definition) is 1. The van der Waals surface area contributed by atoms with Crippen LogP contribution in [0.15, 0.2) is 24.3 Å². The Balaban J connectivity index is 2.96. The number of carbonyl (C=O) groups is 1. The van der Waals surface area contributed by atoms with Gasteiger partial charge in [0.1, 0.15) is 0 Å². The van der Waals surface area contributed by atoms with E-state index in [1.54, 1.807) is 6.07 Å². The van der Waals surface area contributed by atoms with E-state index >= 15 is 0 Å². The van der Waals surface area contributed by atoms with Gasteiger partial charge < -0.3 is 0 Å². The van der Waals surface area contributed by atoms with Gasteiger partial charge in [0.25, 0.3) is 0 Å². The van der Waals surface area contributed by atoms with Gasteiger partial charge in [-0.1, -0.05) is 35.9 Å². The molecule has 0 heterocycles. The molecular weight excluding hydrogens is 219 g/mol.